The highest BCUT2D eigenvalue weighted by molar-refractivity contribution is 5.55. The lowest BCUT2D eigenvalue weighted by Gasteiger charge is -2.23. The Morgan fingerprint density at radius 2 is 1.70 bits per heavy atom. The second kappa shape index (κ2) is 7.85. The van der Waals surface area contributed by atoms with E-state index in [1.807, 2.05) is 13.0 Å². The molecule has 1 aromatic heterocycles. The summed E-state index contributed by atoms with van der Waals surface area (Å²) in [7, 11) is 0. The molecule has 1 N–H and O–H groups in total. The number of hydrogen-bond donors (Lipinski definition) is 1. The maximum absolute atomic E-state index is 13.3. The molecule has 0 atom stereocenters. The minimum Gasteiger partial charge on any atom is -0.356 e. The third-order valence-electron chi connectivity index (χ3n) is 3.33. The molecule has 1 heterocycles. The predicted octanol–water partition coefficient (Wildman–Crippen LogP) is 4.43. The van der Waals surface area contributed by atoms with Crippen molar-refractivity contribution in [2.45, 2.75) is 33.6 Å². The van der Waals surface area contributed by atoms with E-state index in [9.17, 15) is 8.78 Å². The van der Waals surface area contributed by atoms with Crippen molar-refractivity contribution >= 4 is 17.5 Å². The highest BCUT2D eigenvalue weighted by atomic mass is 19.2. The lowest BCUT2D eigenvalue weighted by Crippen LogP contribution is -2.26. The molecule has 23 heavy (non-hydrogen) atoms. The summed E-state index contributed by atoms with van der Waals surface area (Å²) in [5, 5.41) is 2.94. The van der Waals surface area contributed by atoms with Crippen LogP contribution in [-0.4, -0.2) is 23.1 Å². The standard InChI is InChI=1S/C17H22F2N4/c1-4-8-23(9-5-2)16-10-12(3)20-17(22-16)21-13-6-7-14(18)15(19)11-13/h6-7,10-11H,4-5,8-9H2,1-3H3,(H,20,21,22). The van der Waals surface area contributed by atoms with E-state index >= 15 is 0 Å². The molecule has 6 heteroatoms. The van der Waals surface area contributed by atoms with Crippen LogP contribution in [-0.2, 0) is 0 Å². The van der Waals surface area contributed by atoms with Gasteiger partial charge >= 0.3 is 0 Å². The highest BCUT2D eigenvalue weighted by Crippen LogP contribution is 2.20. The van der Waals surface area contributed by atoms with E-state index in [1.54, 1.807) is 0 Å². The summed E-state index contributed by atoms with van der Waals surface area (Å²) in [5.41, 5.74) is 1.23. The van der Waals surface area contributed by atoms with Gasteiger partial charge in [0.15, 0.2) is 11.6 Å². The van der Waals surface area contributed by atoms with Gasteiger partial charge in [0.05, 0.1) is 0 Å². The Balaban J connectivity index is 2.26. The third-order valence-corrected chi connectivity index (χ3v) is 3.33. The van der Waals surface area contributed by atoms with Gasteiger partial charge in [-0.25, -0.2) is 13.8 Å². The van der Waals surface area contributed by atoms with Gasteiger partial charge in [0.25, 0.3) is 0 Å². The molecule has 0 unspecified atom stereocenters. The van der Waals surface area contributed by atoms with Crippen LogP contribution in [0.25, 0.3) is 0 Å². The molecule has 0 amide bonds. The molecule has 0 saturated carbocycles. The summed E-state index contributed by atoms with van der Waals surface area (Å²) in [6, 6.07) is 5.56. The van der Waals surface area contributed by atoms with Gasteiger partial charge in [-0.3, -0.25) is 0 Å². The molecule has 0 saturated heterocycles. The normalized spacial score (nSPS) is 10.7. The summed E-state index contributed by atoms with van der Waals surface area (Å²) in [5.74, 6) is -0.561. The minimum absolute atomic E-state index is 0.378. The summed E-state index contributed by atoms with van der Waals surface area (Å²) in [6.45, 7) is 7.95. The molecule has 124 valence electrons. The summed E-state index contributed by atoms with van der Waals surface area (Å²) in [4.78, 5) is 11.0. The molecule has 2 rings (SSSR count). The lowest BCUT2D eigenvalue weighted by molar-refractivity contribution is 0.509. The number of hydrogen-bond acceptors (Lipinski definition) is 4. The molecule has 2 aromatic rings. The number of benzene rings is 1. The second-order valence-electron chi connectivity index (χ2n) is 5.43. The van der Waals surface area contributed by atoms with Gasteiger partial charge in [-0.05, 0) is 31.9 Å². The predicted molar refractivity (Wildman–Crippen MR) is 89.2 cm³/mol. The SMILES string of the molecule is CCCN(CCC)c1cc(C)nc(Nc2ccc(F)c(F)c2)n1. The first-order chi connectivity index (χ1) is 11.0. The second-order valence-corrected chi connectivity index (χ2v) is 5.43. The van der Waals surface area contributed by atoms with Crippen molar-refractivity contribution < 1.29 is 8.78 Å². The zero-order chi connectivity index (χ0) is 16.8. The van der Waals surface area contributed by atoms with Gasteiger partial charge in [-0.2, -0.15) is 4.98 Å². The van der Waals surface area contributed by atoms with Gasteiger partial charge in [0.2, 0.25) is 5.95 Å². The zero-order valence-electron chi connectivity index (χ0n) is 13.7. The molecular weight excluding hydrogens is 298 g/mol. The van der Waals surface area contributed by atoms with Crippen LogP contribution in [0.4, 0.5) is 26.2 Å². The van der Waals surface area contributed by atoms with E-state index < -0.39 is 11.6 Å². The Morgan fingerprint density at radius 1 is 1.00 bits per heavy atom. The number of nitrogens with one attached hydrogen (secondary N) is 1. The number of anilines is 3. The average molecular weight is 320 g/mol. The number of rotatable bonds is 7. The monoisotopic (exact) mass is 320 g/mol. The van der Waals surface area contributed by atoms with E-state index in [0.29, 0.717) is 11.6 Å². The first-order valence-electron chi connectivity index (χ1n) is 7.86. The maximum atomic E-state index is 13.3. The minimum atomic E-state index is -0.901. The van der Waals surface area contributed by atoms with Gasteiger partial charge in [0, 0.05) is 36.6 Å². The summed E-state index contributed by atoms with van der Waals surface area (Å²) < 4.78 is 26.3. The summed E-state index contributed by atoms with van der Waals surface area (Å²) in [6.07, 6.45) is 2.05. The van der Waals surface area contributed by atoms with Gasteiger partial charge in [-0.1, -0.05) is 13.8 Å². The van der Waals surface area contributed by atoms with E-state index in [2.05, 4.69) is 34.0 Å². The van der Waals surface area contributed by atoms with Crippen molar-refractivity contribution in [3.8, 4) is 0 Å². The van der Waals surface area contributed by atoms with Crippen molar-refractivity contribution in [3.05, 3.63) is 41.6 Å². The van der Waals surface area contributed by atoms with Crippen LogP contribution in [0.5, 0.6) is 0 Å². The molecule has 0 radical (unpaired) electrons. The maximum Gasteiger partial charge on any atom is 0.229 e. The smallest absolute Gasteiger partial charge is 0.229 e. The van der Waals surface area contributed by atoms with Crippen molar-refractivity contribution in [1.82, 2.24) is 9.97 Å². The first-order valence-corrected chi connectivity index (χ1v) is 7.86. The Hall–Kier alpha value is -2.24. The van der Waals surface area contributed by atoms with Crippen LogP contribution >= 0.6 is 0 Å². The van der Waals surface area contributed by atoms with E-state index in [4.69, 9.17) is 0 Å². The molecular formula is C17H22F2N4. The molecule has 0 aliphatic rings. The van der Waals surface area contributed by atoms with E-state index in [-0.39, 0.29) is 0 Å². The topological polar surface area (TPSA) is 41.1 Å². The molecule has 4 nitrogen and oxygen atoms in total. The van der Waals surface area contributed by atoms with Crippen LogP contribution in [0.2, 0.25) is 0 Å². The fraction of sp³-hybridized carbons (Fsp3) is 0.412. The van der Waals surface area contributed by atoms with Crippen molar-refractivity contribution in [2.75, 3.05) is 23.3 Å². The van der Waals surface area contributed by atoms with Crippen LogP contribution in [0.15, 0.2) is 24.3 Å². The van der Waals surface area contributed by atoms with Crippen molar-refractivity contribution in [3.63, 3.8) is 0 Å². The number of aromatic nitrogens is 2. The van der Waals surface area contributed by atoms with Crippen molar-refractivity contribution in [2.24, 2.45) is 0 Å². The molecule has 0 aliphatic heterocycles. The van der Waals surface area contributed by atoms with Crippen LogP contribution < -0.4 is 10.2 Å². The molecule has 0 spiro atoms. The highest BCUT2D eigenvalue weighted by Gasteiger charge is 2.10. The van der Waals surface area contributed by atoms with Crippen LogP contribution in [0, 0.1) is 18.6 Å². The van der Waals surface area contributed by atoms with Crippen LogP contribution in [0.1, 0.15) is 32.4 Å². The number of aryl methyl sites for hydroxylation is 1. The fourth-order valence-electron chi connectivity index (χ4n) is 2.35. The molecule has 0 aliphatic carbocycles. The average Bonchev–Trinajstić information content (AvgIpc) is 2.50. The van der Waals surface area contributed by atoms with Crippen LogP contribution in [0.3, 0.4) is 0 Å². The Labute approximate surface area is 135 Å². The number of halogens is 2. The fourth-order valence-corrected chi connectivity index (χ4v) is 2.35. The zero-order valence-corrected chi connectivity index (χ0v) is 13.7. The van der Waals surface area contributed by atoms with Gasteiger partial charge < -0.3 is 10.2 Å². The Bertz CT molecular complexity index is 655. The van der Waals surface area contributed by atoms with Gasteiger partial charge in [-0.15, -0.1) is 0 Å². The first kappa shape index (κ1) is 17.1. The molecule has 0 fully saturated rings. The lowest BCUT2D eigenvalue weighted by atomic mass is 10.3. The number of nitrogens with zero attached hydrogens (tertiary/aromatic N) is 3. The largest absolute Gasteiger partial charge is 0.356 e. The van der Waals surface area contributed by atoms with E-state index in [0.717, 1.165) is 49.6 Å². The summed E-state index contributed by atoms with van der Waals surface area (Å²) >= 11 is 0. The Morgan fingerprint density at radius 3 is 2.30 bits per heavy atom. The Kier molecular flexibility index (Phi) is 5.84. The van der Waals surface area contributed by atoms with Crippen molar-refractivity contribution in [1.29, 1.82) is 0 Å². The quantitative estimate of drug-likeness (QED) is 0.819. The third kappa shape index (κ3) is 4.61. The molecule has 1 aromatic carbocycles. The van der Waals surface area contributed by atoms with Gasteiger partial charge in [0.1, 0.15) is 5.82 Å². The molecule has 0 bridgehead atoms. The van der Waals surface area contributed by atoms with E-state index in [1.165, 1.54) is 6.07 Å².